The lowest BCUT2D eigenvalue weighted by molar-refractivity contribution is -0.117. The maximum absolute atomic E-state index is 12.8. The molecule has 0 saturated carbocycles. The summed E-state index contributed by atoms with van der Waals surface area (Å²) in [5, 5.41) is 4.87. The zero-order valence-corrected chi connectivity index (χ0v) is 17.5. The Hall–Kier alpha value is -2.63. The smallest absolute Gasteiger partial charge is 0.238 e. The van der Waals surface area contributed by atoms with E-state index in [0.29, 0.717) is 11.6 Å². The molecule has 6 heteroatoms. The number of carbonyl (C=O) groups excluding carboxylic acids is 1. The molecule has 2 heterocycles. The Bertz CT molecular complexity index is 1050. The van der Waals surface area contributed by atoms with Gasteiger partial charge in [-0.2, -0.15) is 0 Å². The quantitative estimate of drug-likeness (QED) is 0.632. The van der Waals surface area contributed by atoms with Gasteiger partial charge < -0.3 is 10.2 Å². The topological polar surface area (TPSA) is 48.5 Å². The van der Waals surface area contributed by atoms with E-state index < -0.39 is 0 Å². The largest absolute Gasteiger partial charge is 0.326 e. The number of anilines is 3. The van der Waals surface area contributed by atoms with Crippen LogP contribution in [-0.4, -0.2) is 42.0 Å². The van der Waals surface area contributed by atoms with Crippen LogP contribution in [0.25, 0.3) is 10.9 Å². The Balaban J connectivity index is 1.76. The molecule has 0 aliphatic carbocycles. The number of fused-ring (bicyclic) bond motifs is 2. The predicted octanol–water partition coefficient (Wildman–Crippen LogP) is 4.86. The van der Waals surface area contributed by atoms with Gasteiger partial charge in [-0.3, -0.25) is 9.69 Å². The predicted molar refractivity (Wildman–Crippen MR) is 120 cm³/mol. The third-order valence-electron chi connectivity index (χ3n) is 5.46. The number of hydrogen-bond acceptors (Lipinski definition) is 4. The summed E-state index contributed by atoms with van der Waals surface area (Å²) in [5.74, 6) is 0.901. The molecule has 0 fully saturated rings. The van der Waals surface area contributed by atoms with Crippen molar-refractivity contribution in [2.24, 2.45) is 0 Å². The summed E-state index contributed by atoms with van der Waals surface area (Å²) in [5.41, 5.74) is 3.85. The summed E-state index contributed by atoms with van der Waals surface area (Å²) in [6, 6.07) is 15.8. The molecule has 0 saturated heterocycles. The first-order chi connectivity index (χ1) is 14.1. The average molecular weight is 409 g/mol. The molecule has 0 spiro atoms. The lowest BCUT2D eigenvalue weighted by Crippen LogP contribution is -2.33. The maximum atomic E-state index is 12.8. The van der Waals surface area contributed by atoms with Gasteiger partial charge in [-0.05, 0) is 43.8 Å². The molecule has 29 heavy (non-hydrogen) atoms. The van der Waals surface area contributed by atoms with Crippen LogP contribution in [0.5, 0.6) is 0 Å². The number of benzene rings is 2. The van der Waals surface area contributed by atoms with Crippen molar-refractivity contribution in [2.45, 2.75) is 20.3 Å². The van der Waals surface area contributed by atoms with Gasteiger partial charge >= 0.3 is 0 Å². The third kappa shape index (κ3) is 3.93. The van der Waals surface area contributed by atoms with Crippen molar-refractivity contribution in [3.63, 3.8) is 0 Å². The van der Waals surface area contributed by atoms with Gasteiger partial charge in [0.1, 0.15) is 5.82 Å². The van der Waals surface area contributed by atoms with Gasteiger partial charge in [0.25, 0.3) is 0 Å². The first-order valence-electron chi connectivity index (χ1n) is 10.1. The molecule has 0 atom stereocenters. The number of nitrogens with zero attached hydrogens (tertiary/aromatic N) is 3. The summed E-state index contributed by atoms with van der Waals surface area (Å²) in [4.78, 5) is 22.0. The van der Waals surface area contributed by atoms with Crippen LogP contribution >= 0.6 is 11.6 Å². The molecular formula is C23H25ClN4O. The third-order valence-corrected chi connectivity index (χ3v) is 5.69. The minimum absolute atomic E-state index is 0.00783. The SMILES string of the molecule is CCN(CC)CC(=O)Nc1c2c(nc3ccccc13)N(c1cccc(Cl)c1)CC2. The monoisotopic (exact) mass is 408 g/mol. The van der Waals surface area contributed by atoms with Gasteiger partial charge in [0.15, 0.2) is 0 Å². The van der Waals surface area contributed by atoms with Crippen molar-refractivity contribution in [3.8, 4) is 0 Å². The second-order valence-electron chi connectivity index (χ2n) is 7.20. The standard InChI is InChI=1S/C23H25ClN4O/c1-3-27(4-2)15-21(29)26-22-18-10-5-6-11-20(18)25-23-19(22)12-13-28(23)17-9-7-8-16(24)14-17/h5-11,14H,3-4,12-13,15H2,1-2H3,(H,25,26,29). The Morgan fingerprint density at radius 2 is 1.97 bits per heavy atom. The average Bonchev–Trinajstić information content (AvgIpc) is 3.15. The fourth-order valence-electron chi connectivity index (χ4n) is 3.90. The van der Waals surface area contributed by atoms with Crippen LogP contribution in [0.2, 0.25) is 5.02 Å². The number of halogens is 1. The van der Waals surface area contributed by atoms with Crippen molar-refractivity contribution < 1.29 is 4.79 Å². The molecule has 0 radical (unpaired) electrons. The van der Waals surface area contributed by atoms with Crippen LogP contribution in [0, 0.1) is 0 Å². The molecule has 1 aliphatic rings. The van der Waals surface area contributed by atoms with Crippen molar-refractivity contribution in [3.05, 3.63) is 59.1 Å². The molecule has 150 valence electrons. The molecule has 2 aromatic carbocycles. The summed E-state index contributed by atoms with van der Waals surface area (Å²) >= 11 is 6.21. The fraction of sp³-hybridized carbons (Fsp3) is 0.304. The van der Waals surface area contributed by atoms with E-state index in [1.807, 2.05) is 48.5 Å². The van der Waals surface area contributed by atoms with Crippen LogP contribution < -0.4 is 10.2 Å². The molecule has 0 bridgehead atoms. The van der Waals surface area contributed by atoms with Gasteiger partial charge in [-0.1, -0.05) is 49.7 Å². The second kappa shape index (κ2) is 8.39. The molecule has 5 nitrogen and oxygen atoms in total. The number of likely N-dealkylation sites (N-methyl/N-ethyl adjacent to an activating group) is 1. The van der Waals surface area contributed by atoms with Crippen LogP contribution in [0.3, 0.4) is 0 Å². The molecule has 1 aromatic heterocycles. The Kier molecular flexibility index (Phi) is 5.69. The van der Waals surface area contributed by atoms with Crippen molar-refractivity contribution >= 4 is 45.6 Å². The Morgan fingerprint density at radius 1 is 1.17 bits per heavy atom. The number of pyridine rings is 1. The number of aromatic nitrogens is 1. The Labute approximate surface area is 176 Å². The van der Waals surface area contributed by atoms with E-state index in [2.05, 4.69) is 29.0 Å². The van der Waals surface area contributed by atoms with Gasteiger partial charge in [-0.15, -0.1) is 0 Å². The second-order valence-corrected chi connectivity index (χ2v) is 7.63. The van der Waals surface area contributed by atoms with E-state index in [1.165, 1.54) is 0 Å². The summed E-state index contributed by atoms with van der Waals surface area (Å²) in [7, 11) is 0. The molecule has 1 amide bonds. The number of amides is 1. The highest BCUT2D eigenvalue weighted by Crippen LogP contribution is 2.41. The number of hydrogen-bond donors (Lipinski definition) is 1. The highest BCUT2D eigenvalue weighted by Gasteiger charge is 2.27. The lowest BCUT2D eigenvalue weighted by atomic mass is 10.1. The summed E-state index contributed by atoms with van der Waals surface area (Å²) in [6.45, 7) is 7.02. The minimum Gasteiger partial charge on any atom is -0.326 e. The summed E-state index contributed by atoms with van der Waals surface area (Å²) < 4.78 is 0. The maximum Gasteiger partial charge on any atom is 0.238 e. The van der Waals surface area contributed by atoms with E-state index in [-0.39, 0.29) is 5.91 Å². The van der Waals surface area contributed by atoms with Crippen LogP contribution in [0.4, 0.5) is 17.2 Å². The highest BCUT2D eigenvalue weighted by atomic mass is 35.5. The molecular weight excluding hydrogens is 384 g/mol. The first kappa shape index (κ1) is 19.7. The zero-order chi connectivity index (χ0) is 20.4. The molecule has 1 aliphatic heterocycles. The van der Waals surface area contributed by atoms with E-state index in [4.69, 9.17) is 16.6 Å². The van der Waals surface area contributed by atoms with Crippen LogP contribution in [0.1, 0.15) is 19.4 Å². The molecule has 4 rings (SSSR count). The van der Waals surface area contributed by atoms with E-state index in [1.54, 1.807) is 0 Å². The molecule has 0 unspecified atom stereocenters. The van der Waals surface area contributed by atoms with Gasteiger partial charge in [0.2, 0.25) is 5.91 Å². The van der Waals surface area contributed by atoms with Gasteiger partial charge in [0, 0.05) is 28.2 Å². The molecule has 3 aromatic rings. The first-order valence-corrected chi connectivity index (χ1v) is 10.5. The summed E-state index contributed by atoms with van der Waals surface area (Å²) in [6.07, 6.45) is 0.820. The van der Waals surface area contributed by atoms with E-state index >= 15 is 0 Å². The van der Waals surface area contributed by atoms with Crippen molar-refractivity contribution in [1.29, 1.82) is 0 Å². The number of carbonyl (C=O) groups is 1. The zero-order valence-electron chi connectivity index (χ0n) is 16.8. The number of nitrogens with one attached hydrogen (secondary N) is 1. The molecule has 1 N–H and O–H groups in total. The van der Waals surface area contributed by atoms with Crippen molar-refractivity contribution in [1.82, 2.24) is 9.88 Å². The number of para-hydroxylation sites is 1. The highest BCUT2D eigenvalue weighted by molar-refractivity contribution is 6.30. The number of rotatable bonds is 6. The van der Waals surface area contributed by atoms with Crippen molar-refractivity contribution in [2.75, 3.05) is 36.4 Å². The Morgan fingerprint density at radius 3 is 2.72 bits per heavy atom. The minimum atomic E-state index is 0.00783. The van der Waals surface area contributed by atoms with Gasteiger partial charge in [0.05, 0.1) is 17.7 Å². The van der Waals surface area contributed by atoms with E-state index in [9.17, 15) is 4.79 Å². The normalized spacial score (nSPS) is 13.2. The van der Waals surface area contributed by atoms with Gasteiger partial charge in [-0.25, -0.2) is 4.98 Å². The van der Waals surface area contributed by atoms with Crippen LogP contribution in [-0.2, 0) is 11.2 Å². The van der Waals surface area contributed by atoms with E-state index in [0.717, 1.165) is 59.7 Å². The lowest BCUT2D eigenvalue weighted by Gasteiger charge is -2.21. The van der Waals surface area contributed by atoms with Crippen LogP contribution in [0.15, 0.2) is 48.5 Å². The fourth-order valence-corrected chi connectivity index (χ4v) is 4.08.